The number of carboxylic acid groups (broad SMARTS) is 1. The molecule has 7 heteroatoms. The van der Waals surface area contributed by atoms with Gasteiger partial charge in [0.25, 0.3) is 5.91 Å². The Bertz CT molecular complexity index is 736. The second kappa shape index (κ2) is 4.86. The number of hydrazone groups is 1. The van der Waals surface area contributed by atoms with Crippen molar-refractivity contribution in [3.8, 4) is 11.5 Å². The van der Waals surface area contributed by atoms with E-state index in [1.165, 1.54) is 19.4 Å². The van der Waals surface area contributed by atoms with Crippen LogP contribution in [-0.2, 0) is 9.59 Å². The molecule has 106 valence electrons. The Morgan fingerprint density at radius 1 is 1.43 bits per heavy atom. The normalized spacial score (nSPS) is 18.0. The van der Waals surface area contributed by atoms with Gasteiger partial charge >= 0.3 is 5.97 Å². The van der Waals surface area contributed by atoms with Crippen LogP contribution in [0.4, 0.5) is 5.69 Å². The zero-order chi connectivity index (χ0) is 15.0. The average Bonchev–Trinajstić information content (AvgIpc) is 3.07. The molecule has 2 heterocycles. The van der Waals surface area contributed by atoms with Gasteiger partial charge in [0.05, 0.1) is 17.6 Å². The Hall–Kier alpha value is -2.96. The highest BCUT2D eigenvalue weighted by Gasteiger charge is 2.39. The molecule has 0 saturated carbocycles. The van der Waals surface area contributed by atoms with Crippen LogP contribution in [0, 0.1) is 5.92 Å². The number of amides is 1. The maximum absolute atomic E-state index is 12.1. The number of carbonyl (C=O) groups is 2. The average molecular weight is 285 g/mol. The number of aliphatic carboxylic acids is 1. The molecule has 1 atom stereocenters. The minimum absolute atomic E-state index is 0.258. The summed E-state index contributed by atoms with van der Waals surface area (Å²) in [5.41, 5.74) is 1.41. The molecule has 1 unspecified atom stereocenters. The number of hydrogen-bond acceptors (Lipinski definition) is 5. The zero-order valence-electron chi connectivity index (χ0n) is 11.1. The molecule has 7 nitrogen and oxygen atoms in total. The highest BCUT2D eigenvalue weighted by Crippen LogP contribution is 2.28. The molecule has 0 saturated heterocycles. The number of carbonyl (C=O) groups excluding carboxylic acids is 1. The third-order valence-corrected chi connectivity index (χ3v) is 3.15. The summed E-state index contributed by atoms with van der Waals surface area (Å²) in [6.07, 6.45) is 2.97. The smallest absolute Gasteiger partial charge is 0.322 e. The third kappa shape index (κ3) is 2.18. The predicted octanol–water partition coefficient (Wildman–Crippen LogP) is 1.76. The Balaban J connectivity index is 1.97. The summed E-state index contributed by atoms with van der Waals surface area (Å²) in [7, 11) is 0. The van der Waals surface area contributed by atoms with Gasteiger partial charge in [-0.15, -0.1) is 0 Å². The van der Waals surface area contributed by atoms with Crippen LogP contribution in [0.1, 0.15) is 6.92 Å². The van der Waals surface area contributed by atoms with E-state index in [-0.39, 0.29) is 5.71 Å². The Kier molecular flexibility index (Phi) is 3.02. The maximum atomic E-state index is 12.1. The molecule has 1 amide bonds. The van der Waals surface area contributed by atoms with Gasteiger partial charge in [0.15, 0.2) is 5.92 Å². The molecule has 0 aliphatic carbocycles. The quantitative estimate of drug-likeness (QED) is 0.867. The van der Waals surface area contributed by atoms with Gasteiger partial charge < -0.3 is 9.52 Å². The summed E-state index contributed by atoms with van der Waals surface area (Å²) in [6.45, 7) is 1.52. The zero-order valence-corrected chi connectivity index (χ0v) is 11.1. The van der Waals surface area contributed by atoms with Crippen LogP contribution in [0.25, 0.3) is 11.5 Å². The summed E-state index contributed by atoms with van der Waals surface area (Å²) < 4.78 is 5.20. The van der Waals surface area contributed by atoms with E-state index in [4.69, 9.17) is 9.52 Å². The molecule has 0 fully saturated rings. The first-order valence-electron chi connectivity index (χ1n) is 6.20. The SMILES string of the molecule is CC1=NN(c2cccc(-c3ncco3)c2)C(=O)C1C(=O)O. The molecule has 1 aliphatic heterocycles. The minimum Gasteiger partial charge on any atom is -0.480 e. The lowest BCUT2D eigenvalue weighted by Gasteiger charge is -2.13. The van der Waals surface area contributed by atoms with Crippen molar-refractivity contribution in [2.45, 2.75) is 6.92 Å². The monoisotopic (exact) mass is 285 g/mol. The van der Waals surface area contributed by atoms with Crippen LogP contribution in [0.3, 0.4) is 0 Å². The van der Waals surface area contributed by atoms with E-state index in [1.54, 1.807) is 24.3 Å². The van der Waals surface area contributed by atoms with Crippen LogP contribution < -0.4 is 5.01 Å². The first-order valence-corrected chi connectivity index (χ1v) is 6.20. The van der Waals surface area contributed by atoms with E-state index in [0.29, 0.717) is 17.1 Å². The van der Waals surface area contributed by atoms with Crippen molar-refractivity contribution in [1.82, 2.24) is 4.98 Å². The highest BCUT2D eigenvalue weighted by molar-refractivity contribution is 6.25. The van der Waals surface area contributed by atoms with E-state index in [9.17, 15) is 9.59 Å². The summed E-state index contributed by atoms with van der Waals surface area (Å²) >= 11 is 0. The van der Waals surface area contributed by atoms with Gasteiger partial charge in [0, 0.05) is 5.56 Å². The number of carboxylic acids is 1. The van der Waals surface area contributed by atoms with Gasteiger partial charge in [0.1, 0.15) is 6.26 Å². The van der Waals surface area contributed by atoms with Gasteiger partial charge in [-0.1, -0.05) is 6.07 Å². The van der Waals surface area contributed by atoms with Crippen molar-refractivity contribution in [3.63, 3.8) is 0 Å². The second-order valence-electron chi connectivity index (χ2n) is 4.55. The number of benzene rings is 1. The van der Waals surface area contributed by atoms with Crippen molar-refractivity contribution in [2.75, 3.05) is 5.01 Å². The fourth-order valence-electron chi connectivity index (χ4n) is 2.17. The molecule has 3 rings (SSSR count). The van der Waals surface area contributed by atoms with E-state index in [0.717, 1.165) is 5.01 Å². The molecule has 21 heavy (non-hydrogen) atoms. The van der Waals surface area contributed by atoms with Gasteiger partial charge in [-0.05, 0) is 25.1 Å². The van der Waals surface area contributed by atoms with E-state index in [2.05, 4.69) is 10.1 Å². The summed E-state index contributed by atoms with van der Waals surface area (Å²) in [4.78, 5) is 27.3. The molecule has 0 spiro atoms. The molecular formula is C14H11N3O4. The van der Waals surface area contributed by atoms with Gasteiger partial charge in [-0.25, -0.2) is 4.98 Å². The first kappa shape index (κ1) is 13.0. The van der Waals surface area contributed by atoms with E-state index < -0.39 is 17.8 Å². The van der Waals surface area contributed by atoms with Crippen LogP contribution in [0.2, 0.25) is 0 Å². The summed E-state index contributed by atoms with van der Waals surface area (Å²) in [6, 6.07) is 6.85. The lowest BCUT2D eigenvalue weighted by molar-refractivity contribution is -0.142. The fourth-order valence-corrected chi connectivity index (χ4v) is 2.17. The Morgan fingerprint density at radius 3 is 2.86 bits per heavy atom. The standard InChI is InChI=1S/C14H11N3O4/c1-8-11(14(19)20)13(18)17(16-8)10-4-2-3-9(7-10)12-15-5-6-21-12/h2-7,11H,1H3,(H,19,20). The van der Waals surface area contributed by atoms with Crippen LogP contribution in [-0.4, -0.2) is 27.7 Å². The Labute approximate surface area is 119 Å². The van der Waals surface area contributed by atoms with Crippen molar-refractivity contribution < 1.29 is 19.1 Å². The number of rotatable bonds is 3. The van der Waals surface area contributed by atoms with Gasteiger partial charge in [-0.3, -0.25) is 9.59 Å². The largest absolute Gasteiger partial charge is 0.480 e. The first-order chi connectivity index (χ1) is 10.1. The predicted molar refractivity (Wildman–Crippen MR) is 73.7 cm³/mol. The third-order valence-electron chi connectivity index (χ3n) is 3.15. The summed E-state index contributed by atoms with van der Waals surface area (Å²) in [5.74, 6) is -2.59. The number of anilines is 1. The van der Waals surface area contributed by atoms with Crippen molar-refractivity contribution in [2.24, 2.45) is 11.0 Å². The minimum atomic E-state index is -1.23. The lowest BCUT2D eigenvalue weighted by Crippen LogP contribution is -2.32. The lowest BCUT2D eigenvalue weighted by atomic mass is 10.1. The van der Waals surface area contributed by atoms with Crippen molar-refractivity contribution >= 4 is 23.3 Å². The van der Waals surface area contributed by atoms with Crippen molar-refractivity contribution in [3.05, 3.63) is 36.7 Å². The van der Waals surface area contributed by atoms with Crippen LogP contribution in [0.15, 0.2) is 46.2 Å². The molecular weight excluding hydrogens is 274 g/mol. The number of aromatic nitrogens is 1. The van der Waals surface area contributed by atoms with E-state index >= 15 is 0 Å². The molecule has 1 aliphatic rings. The fraction of sp³-hybridized carbons (Fsp3) is 0.143. The topological polar surface area (TPSA) is 96.0 Å². The molecule has 0 radical (unpaired) electrons. The molecule has 0 bridgehead atoms. The number of hydrogen-bond donors (Lipinski definition) is 1. The Morgan fingerprint density at radius 2 is 2.24 bits per heavy atom. The summed E-state index contributed by atoms with van der Waals surface area (Å²) in [5, 5.41) is 14.2. The molecule has 1 N–H and O–H groups in total. The highest BCUT2D eigenvalue weighted by atomic mass is 16.4. The number of nitrogens with zero attached hydrogens (tertiary/aromatic N) is 3. The maximum Gasteiger partial charge on any atom is 0.322 e. The molecule has 2 aromatic rings. The van der Waals surface area contributed by atoms with Gasteiger partial charge in [0.2, 0.25) is 5.89 Å². The van der Waals surface area contributed by atoms with Crippen LogP contribution >= 0.6 is 0 Å². The van der Waals surface area contributed by atoms with Crippen LogP contribution in [0.5, 0.6) is 0 Å². The molecule has 1 aromatic heterocycles. The van der Waals surface area contributed by atoms with E-state index in [1.807, 2.05) is 0 Å². The van der Waals surface area contributed by atoms with Gasteiger partial charge in [-0.2, -0.15) is 10.1 Å². The number of oxazole rings is 1. The second-order valence-corrected chi connectivity index (χ2v) is 4.55. The molecule has 1 aromatic carbocycles. The van der Waals surface area contributed by atoms with Crippen molar-refractivity contribution in [1.29, 1.82) is 0 Å².